The van der Waals surface area contributed by atoms with Gasteiger partial charge in [0.1, 0.15) is 0 Å². The Hall–Kier alpha value is -1.56. The summed E-state index contributed by atoms with van der Waals surface area (Å²) in [5.74, 6) is -0.235. The molecule has 2 aliphatic rings. The molecule has 2 aliphatic carbocycles. The highest BCUT2D eigenvalue weighted by atomic mass is 79.9. The number of carbonyl (C=O) groups excluding carboxylic acids is 1. The lowest BCUT2D eigenvalue weighted by Crippen LogP contribution is -2.34. The highest BCUT2D eigenvalue weighted by molar-refractivity contribution is 9.10. The number of anilines is 1. The summed E-state index contributed by atoms with van der Waals surface area (Å²) in [6.07, 6.45) is 4.99. The van der Waals surface area contributed by atoms with Gasteiger partial charge < -0.3 is 15.7 Å². The number of carboxylic acids is 1. The van der Waals surface area contributed by atoms with Gasteiger partial charge in [-0.05, 0) is 71.1 Å². The summed E-state index contributed by atoms with van der Waals surface area (Å²) in [5.41, 5.74) is 0.956. The van der Waals surface area contributed by atoms with Gasteiger partial charge in [-0.1, -0.05) is 0 Å². The maximum atomic E-state index is 11.9. The first-order valence-corrected chi connectivity index (χ1v) is 7.87. The monoisotopic (exact) mass is 352 g/mol. The number of nitrogens with one attached hydrogen (secondary N) is 2. The van der Waals surface area contributed by atoms with Gasteiger partial charge >= 0.3 is 12.0 Å². The van der Waals surface area contributed by atoms with Crippen LogP contribution >= 0.6 is 15.9 Å². The Morgan fingerprint density at radius 1 is 1.33 bits per heavy atom. The Morgan fingerprint density at radius 3 is 2.62 bits per heavy atom. The maximum Gasteiger partial charge on any atom is 0.336 e. The van der Waals surface area contributed by atoms with E-state index in [0.717, 1.165) is 5.92 Å². The van der Waals surface area contributed by atoms with E-state index in [2.05, 4.69) is 26.6 Å². The zero-order chi connectivity index (χ0) is 15.0. The third kappa shape index (κ3) is 3.20. The summed E-state index contributed by atoms with van der Waals surface area (Å²) in [5, 5.41) is 14.7. The van der Waals surface area contributed by atoms with Gasteiger partial charge in [0.25, 0.3) is 0 Å². The van der Waals surface area contributed by atoms with Crippen LogP contribution in [-0.4, -0.2) is 23.7 Å². The van der Waals surface area contributed by atoms with E-state index < -0.39 is 5.97 Å². The van der Waals surface area contributed by atoms with E-state index >= 15 is 0 Å². The van der Waals surface area contributed by atoms with Crippen LogP contribution in [0.5, 0.6) is 0 Å². The lowest BCUT2D eigenvalue weighted by atomic mass is 10.0. The standard InChI is InChI=1S/C15H17BrN2O3/c16-12-4-3-10(7-11(12)13(19)20)18-14(21)17-8-15(5-6-15)9-1-2-9/h3-4,7,9H,1-2,5-6,8H2,(H,19,20)(H2,17,18,21). The predicted molar refractivity (Wildman–Crippen MR) is 82.5 cm³/mol. The molecule has 0 bridgehead atoms. The first-order valence-electron chi connectivity index (χ1n) is 7.08. The minimum atomic E-state index is -1.03. The summed E-state index contributed by atoms with van der Waals surface area (Å²) in [7, 11) is 0. The van der Waals surface area contributed by atoms with E-state index in [9.17, 15) is 9.59 Å². The van der Waals surface area contributed by atoms with Crippen molar-refractivity contribution < 1.29 is 14.7 Å². The molecule has 1 aromatic carbocycles. The van der Waals surface area contributed by atoms with Crippen LogP contribution in [0.25, 0.3) is 0 Å². The van der Waals surface area contributed by atoms with Crippen molar-refractivity contribution in [3.05, 3.63) is 28.2 Å². The molecule has 2 saturated carbocycles. The normalized spacial score (nSPS) is 18.9. The Bertz CT molecular complexity index is 595. The lowest BCUT2D eigenvalue weighted by Gasteiger charge is -2.15. The third-order valence-corrected chi connectivity index (χ3v) is 5.08. The molecular weight excluding hydrogens is 336 g/mol. The van der Waals surface area contributed by atoms with Gasteiger partial charge in [0, 0.05) is 16.7 Å². The Labute approximate surface area is 131 Å². The molecule has 112 valence electrons. The van der Waals surface area contributed by atoms with Crippen LogP contribution in [0.3, 0.4) is 0 Å². The van der Waals surface area contributed by atoms with Crippen LogP contribution in [0.2, 0.25) is 0 Å². The number of urea groups is 1. The zero-order valence-electron chi connectivity index (χ0n) is 11.5. The fraction of sp³-hybridized carbons (Fsp3) is 0.467. The van der Waals surface area contributed by atoms with Crippen molar-refractivity contribution in [2.45, 2.75) is 25.7 Å². The second kappa shape index (κ2) is 5.33. The summed E-state index contributed by atoms with van der Waals surface area (Å²) < 4.78 is 0.492. The molecule has 0 atom stereocenters. The van der Waals surface area contributed by atoms with Gasteiger partial charge in [0.2, 0.25) is 0 Å². The quantitative estimate of drug-likeness (QED) is 0.759. The number of hydrogen-bond acceptors (Lipinski definition) is 2. The largest absolute Gasteiger partial charge is 0.478 e. The van der Waals surface area contributed by atoms with Crippen molar-refractivity contribution in [1.82, 2.24) is 5.32 Å². The molecular formula is C15H17BrN2O3. The van der Waals surface area contributed by atoms with Crippen molar-refractivity contribution in [2.24, 2.45) is 11.3 Å². The molecule has 2 fully saturated rings. The topological polar surface area (TPSA) is 78.4 Å². The lowest BCUT2D eigenvalue weighted by molar-refractivity contribution is 0.0696. The van der Waals surface area contributed by atoms with Crippen LogP contribution in [0.1, 0.15) is 36.0 Å². The summed E-state index contributed by atoms with van der Waals surface area (Å²) >= 11 is 3.18. The number of hydrogen-bond donors (Lipinski definition) is 3. The fourth-order valence-electron chi connectivity index (χ4n) is 2.78. The Balaban J connectivity index is 1.57. The molecule has 0 aliphatic heterocycles. The second-order valence-electron chi connectivity index (χ2n) is 5.94. The average molecular weight is 353 g/mol. The van der Waals surface area contributed by atoms with Crippen molar-refractivity contribution in [1.29, 1.82) is 0 Å². The van der Waals surface area contributed by atoms with Crippen LogP contribution < -0.4 is 10.6 Å². The summed E-state index contributed by atoms with van der Waals surface area (Å²) in [6, 6.07) is 4.45. The van der Waals surface area contributed by atoms with E-state index in [1.165, 1.54) is 31.7 Å². The number of benzene rings is 1. The van der Waals surface area contributed by atoms with E-state index in [0.29, 0.717) is 22.1 Å². The summed E-state index contributed by atoms with van der Waals surface area (Å²) in [6.45, 7) is 0.714. The molecule has 2 amide bonds. The molecule has 6 heteroatoms. The highest BCUT2D eigenvalue weighted by Crippen LogP contribution is 2.60. The van der Waals surface area contributed by atoms with Crippen LogP contribution in [0.4, 0.5) is 10.5 Å². The molecule has 0 unspecified atom stereocenters. The van der Waals surface area contributed by atoms with Crippen molar-refractivity contribution >= 4 is 33.6 Å². The van der Waals surface area contributed by atoms with Crippen LogP contribution in [0, 0.1) is 11.3 Å². The van der Waals surface area contributed by atoms with Crippen LogP contribution in [-0.2, 0) is 0 Å². The maximum absolute atomic E-state index is 11.9. The van der Waals surface area contributed by atoms with E-state index in [4.69, 9.17) is 5.11 Å². The predicted octanol–water partition coefficient (Wildman–Crippen LogP) is 3.46. The Morgan fingerprint density at radius 2 is 2.05 bits per heavy atom. The van der Waals surface area contributed by atoms with Gasteiger partial charge in [-0.25, -0.2) is 9.59 Å². The molecule has 0 spiro atoms. The molecule has 3 N–H and O–H groups in total. The minimum absolute atomic E-state index is 0.129. The first-order chi connectivity index (χ1) is 10.00. The summed E-state index contributed by atoms with van der Waals surface area (Å²) in [4.78, 5) is 23.0. The van der Waals surface area contributed by atoms with E-state index in [1.54, 1.807) is 12.1 Å². The molecule has 1 aromatic rings. The molecule has 0 saturated heterocycles. The third-order valence-electron chi connectivity index (χ3n) is 4.39. The number of rotatable bonds is 5. The van der Waals surface area contributed by atoms with E-state index in [-0.39, 0.29) is 11.6 Å². The van der Waals surface area contributed by atoms with Crippen molar-refractivity contribution in [3.8, 4) is 0 Å². The second-order valence-corrected chi connectivity index (χ2v) is 6.80. The fourth-order valence-corrected chi connectivity index (χ4v) is 3.20. The van der Waals surface area contributed by atoms with Crippen LogP contribution in [0.15, 0.2) is 22.7 Å². The highest BCUT2D eigenvalue weighted by Gasteiger charge is 2.53. The molecule has 3 rings (SSSR count). The number of aromatic carboxylic acids is 1. The number of carboxylic acid groups (broad SMARTS) is 1. The Kier molecular flexibility index (Phi) is 3.65. The SMILES string of the molecule is O=C(NCC1(C2CC2)CC1)Nc1ccc(Br)c(C(=O)O)c1. The number of amides is 2. The smallest absolute Gasteiger partial charge is 0.336 e. The molecule has 21 heavy (non-hydrogen) atoms. The number of halogens is 1. The number of carbonyl (C=O) groups is 2. The van der Waals surface area contributed by atoms with Gasteiger partial charge in [0.05, 0.1) is 5.56 Å². The molecule has 5 nitrogen and oxygen atoms in total. The molecule has 0 aromatic heterocycles. The molecule has 0 heterocycles. The minimum Gasteiger partial charge on any atom is -0.478 e. The van der Waals surface area contributed by atoms with E-state index in [1.807, 2.05) is 0 Å². The van der Waals surface area contributed by atoms with Gasteiger partial charge in [0.15, 0.2) is 0 Å². The molecule has 0 radical (unpaired) electrons. The average Bonchev–Trinajstić information content (AvgIpc) is 3.31. The van der Waals surface area contributed by atoms with Gasteiger partial charge in [-0.15, -0.1) is 0 Å². The van der Waals surface area contributed by atoms with Gasteiger partial charge in [-0.2, -0.15) is 0 Å². The first kappa shape index (κ1) is 14.4. The van der Waals surface area contributed by atoms with Gasteiger partial charge in [-0.3, -0.25) is 0 Å². The van der Waals surface area contributed by atoms with Crippen molar-refractivity contribution in [3.63, 3.8) is 0 Å². The zero-order valence-corrected chi connectivity index (χ0v) is 13.1. The van der Waals surface area contributed by atoms with Crippen molar-refractivity contribution in [2.75, 3.05) is 11.9 Å².